The van der Waals surface area contributed by atoms with E-state index in [4.69, 9.17) is 4.74 Å². The minimum Gasteiger partial charge on any atom is -0.457 e. The van der Waals surface area contributed by atoms with Gasteiger partial charge in [0, 0.05) is 17.3 Å². The summed E-state index contributed by atoms with van der Waals surface area (Å²) in [6.45, 7) is 0. The Balaban J connectivity index is 1.78. The van der Waals surface area contributed by atoms with Gasteiger partial charge >= 0.3 is 0 Å². The first-order chi connectivity index (χ1) is 10.9. The number of para-hydroxylation sites is 2. The molecular weight excluding hydrogens is 276 g/mol. The van der Waals surface area contributed by atoms with Crippen LogP contribution < -0.4 is 4.74 Å². The van der Waals surface area contributed by atoms with Crippen molar-refractivity contribution in [3.8, 4) is 22.6 Å². The molecule has 0 aliphatic rings. The summed E-state index contributed by atoms with van der Waals surface area (Å²) in [6, 6.07) is 19.5. The Kier molecular flexibility index (Phi) is 3.01. The molecule has 0 saturated heterocycles. The highest BCUT2D eigenvalue weighted by Gasteiger charge is 2.09. The van der Waals surface area contributed by atoms with E-state index in [1.54, 1.807) is 6.20 Å². The van der Waals surface area contributed by atoms with Crippen LogP contribution in [0.15, 0.2) is 66.9 Å². The van der Waals surface area contributed by atoms with E-state index in [2.05, 4.69) is 20.4 Å². The Bertz CT molecular complexity index is 918. The van der Waals surface area contributed by atoms with Crippen molar-refractivity contribution in [2.75, 3.05) is 0 Å². The lowest BCUT2D eigenvalue weighted by Gasteiger charge is -2.10. The number of fused-ring (bicyclic) bond motifs is 1. The first-order valence-electron chi connectivity index (χ1n) is 6.89. The van der Waals surface area contributed by atoms with Crippen LogP contribution in [0.5, 0.6) is 11.5 Å². The molecule has 0 aliphatic carbocycles. The third kappa shape index (κ3) is 2.29. The van der Waals surface area contributed by atoms with Crippen molar-refractivity contribution in [1.82, 2.24) is 20.4 Å². The van der Waals surface area contributed by atoms with E-state index in [-0.39, 0.29) is 0 Å². The summed E-state index contributed by atoms with van der Waals surface area (Å²) in [6.07, 6.45) is 1.78. The number of nitrogens with one attached hydrogen (secondary N) is 1. The molecule has 2 aromatic carbocycles. The number of aromatic amines is 1. The third-order valence-electron chi connectivity index (χ3n) is 3.34. The lowest BCUT2D eigenvalue weighted by Crippen LogP contribution is -1.89. The van der Waals surface area contributed by atoms with Crippen molar-refractivity contribution in [3.05, 3.63) is 66.9 Å². The quantitative estimate of drug-likeness (QED) is 0.622. The molecule has 0 spiro atoms. The van der Waals surface area contributed by atoms with Gasteiger partial charge in [-0.05, 0) is 24.3 Å². The molecular formula is C17H12N4O. The molecule has 4 aromatic rings. The molecule has 1 N–H and O–H groups in total. The van der Waals surface area contributed by atoms with Gasteiger partial charge in [-0.15, -0.1) is 5.10 Å². The number of pyridine rings is 1. The Hall–Kier alpha value is -3.21. The predicted molar refractivity (Wildman–Crippen MR) is 83.6 cm³/mol. The zero-order valence-electron chi connectivity index (χ0n) is 11.6. The number of hydrogen-bond acceptors (Lipinski definition) is 4. The summed E-state index contributed by atoms with van der Waals surface area (Å²) < 4.78 is 5.99. The van der Waals surface area contributed by atoms with Gasteiger partial charge in [0.15, 0.2) is 0 Å². The van der Waals surface area contributed by atoms with Gasteiger partial charge in [-0.3, -0.25) is 0 Å². The number of nitrogens with zero attached hydrogens (tertiary/aromatic N) is 3. The van der Waals surface area contributed by atoms with Crippen molar-refractivity contribution in [2.24, 2.45) is 0 Å². The summed E-state index contributed by atoms with van der Waals surface area (Å²) in [5.41, 5.74) is 3.23. The standard InChI is InChI=1S/C17H12N4O/c1-2-6-13(7-3-1)22-16-9-5-4-8-14(16)12-10-15-17(18-11-12)20-21-19-15/h1-11H,(H,18,19,20,21). The van der Waals surface area contributed by atoms with Crippen LogP contribution in [-0.2, 0) is 0 Å². The van der Waals surface area contributed by atoms with Crippen LogP contribution in [0.3, 0.4) is 0 Å². The molecule has 0 atom stereocenters. The first kappa shape index (κ1) is 12.5. The molecule has 0 unspecified atom stereocenters. The average molecular weight is 288 g/mol. The van der Waals surface area contributed by atoms with Crippen molar-refractivity contribution >= 4 is 11.2 Å². The molecule has 106 valence electrons. The summed E-state index contributed by atoms with van der Waals surface area (Å²) in [5, 5.41) is 10.6. The Morgan fingerprint density at radius 1 is 0.864 bits per heavy atom. The smallest absolute Gasteiger partial charge is 0.201 e. The van der Waals surface area contributed by atoms with Crippen LogP contribution >= 0.6 is 0 Å². The van der Waals surface area contributed by atoms with E-state index in [9.17, 15) is 0 Å². The maximum Gasteiger partial charge on any atom is 0.201 e. The SMILES string of the molecule is c1ccc(Oc2ccccc2-c2cnc3n[nH]nc3c2)cc1. The van der Waals surface area contributed by atoms with Gasteiger partial charge in [-0.1, -0.05) is 36.4 Å². The van der Waals surface area contributed by atoms with E-state index < -0.39 is 0 Å². The van der Waals surface area contributed by atoms with Gasteiger partial charge in [0.25, 0.3) is 0 Å². The van der Waals surface area contributed by atoms with Crippen LogP contribution in [-0.4, -0.2) is 20.4 Å². The van der Waals surface area contributed by atoms with E-state index in [0.29, 0.717) is 5.65 Å². The summed E-state index contributed by atoms with van der Waals surface area (Å²) in [7, 11) is 0. The molecule has 5 heteroatoms. The molecule has 5 nitrogen and oxygen atoms in total. The van der Waals surface area contributed by atoms with Crippen LogP contribution in [0.25, 0.3) is 22.3 Å². The molecule has 0 saturated carbocycles. The van der Waals surface area contributed by atoms with E-state index in [0.717, 1.165) is 28.1 Å². The van der Waals surface area contributed by atoms with Gasteiger partial charge in [0.2, 0.25) is 5.65 Å². The number of rotatable bonds is 3. The van der Waals surface area contributed by atoms with Crippen LogP contribution in [0, 0.1) is 0 Å². The second kappa shape index (κ2) is 5.29. The maximum atomic E-state index is 5.99. The lowest BCUT2D eigenvalue weighted by molar-refractivity contribution is 0.484. The lowest BCUT2D eigenvalue weighted by atomic mass is 10.1. The number of hydrogen-bond donors (Lipinski definition) is 1. The van der Waals surface area contributed by atoms with Crippen LogP contribution in [0.4, 0.5) is 0 Å². The topological polar surface area (TPSA) is 63.7 Å². The highest BCUT2D eigenvalue weighted by Crippen LogP contribution is 2.33. The molecule has 0 radical (unpaired) electrons. The second-order valence-electron chi connectivity index (χ2n) is 4.80. The average Bonchev–Trinajstić information content (AvgIpc) is 3.04. The van der Waals surface area contributed by atoms with Gasteiger partial charge in [-0.25, -0.2) is 4.98 Å². The zero-order valence-corrected chi connectivity index (χ0v) is 11.6. The molecule has 0 fully saturated rings. The van der Waals surface area contributed by atoms with Crippen LogP contribution in [0.2, 0.25) is 0 Å². The normalized spacial score (nSPS) is 10.7. The molecule has 0 aliphatic heterocycles. The van der Waals surface area contributed by atoms with E-state index >= 15 is 0 Å². The monoisotopic (exact) mass is 288 g/mol. The highest BCUT2D eigenvalue weighted by atomic mass is 16.5. The largest absolute Gasteiger partial charge is 0.457 e. The number of aromatic nitrogens is 4. The number of H-pyrrole nitrogens is 1. The third-order valence-corrected chi connectivity index (χ3v) is 3.34. The minimum atomic E-state index is 0.602. The van der Waals surface area contributed by atoms with Gasteiger partial charge < -0.3 is 4.74 Å². The maximum absolute atomic E-state index is 5.99. The van der Waals surface area contributed by atoms with Gasteiger partial charge in [-0.2, -0.15) is 10.3 Å². The highest BCUT2D eigenvalue weighted by molar-refractivity contribution is 5.79. The molecule has 22 heavy (non-hydrogen) atoms. The summed E-state index contributed by atoms with van der Waals surface area (Å²) >= 11 is 0. The Labute approximate surface area is 126 Å². The summed E-state index contributed by atoms with van der Waals surface area (Å²) in [4.78, 5) is 4.31. The Morgan fingerprint density at radius 3 is 2.59 bits per heavy atom. The molecule has 4 rings (SSSR count). The molecule has 2 heterocycles. The number of ether oxygens (including phenoxy) is 1. The predicted octanol–water partition coefficient (Wildman–Crippen LogP) is 3.81. The second-order valence-corrected chi connectivity index (χ2v) is 4.80. The fraction of sp³-hybridized carbons (Fsp3) is 0. The van der Waals surface area contributed by atoms with Crippen molar-refractivity contribution < 1.29 is 4.74 Å². The molecule has 0 bridgehead atoms. The van der Waals surface area contributed by atoms with E-state index in [1.165, 1.54) is 0 Å². The Morgan fingerprint density at radius 2 is 1.68 bits per heavy atom. The fourth-order valence-corrected chi connectivity index (χ4v) is 2.30. The first-order valence-corrected chi connectivity index (χ1v) is 6.89. The summed E-state index contributed by atoms with van der Waals surface area (Å²) in [5.74, 6) is 1.57. The van der Waals surface area contributed by atoms with Crippen molar-refractivity contribution in [2.45, 2.75) is 0 Å². The van der Waals surface area contributed by atoms with Gasteiger partial charge in [0.1, 0.15) is 17.0 Å². The van der Waals surface area contributed by atoms with Crippen LogP contribution in [0.1, 0.15) is 0 Å². The zero-order chi connectivity index (χ0) is 14.8. The van der Waals surface area contributed by atoms with Gasteiger partial charge in [0.05, 0.1) is 0 Å². The molecule has 0 amide bonds. The van der Waals surface area contributed by atoms with Crippen molar-refractivity contribution in [3.63, 3.8) is 0 Å². The minimum absolute atomic E-state index is 0.602. The fourth-order valence-electron chi connectivity index (χ4n) is 2.30. The van der Waals surface area contributed by atoms with E-state index in [1.807, 2.05) is 60.7 Å². The van der Waals surface area contributed by atoms with Crippen molar-refractivity contribution in [1.29, 1.82) is 0 Å². The number of benzene rings is 2. The molecule has 2 aromatic heterocycles.